The Morgan fingerprint density at radius 3 is 2.77 bits per heavy atom. The molecule has 0 N–H and O–H groups in total. The second-order valence-electron chi connectivity index (χ2n) is 3.22. The van der Waals surface area contributed by atoms with E-state index in [2.05, 4.69) is 29.0 Å². The maximum atomic E-state index is 4.33. The number of fused-ring (bicyclic) bond motifs is 1. The van der Waals surface area contributed by atoms with Crippen molar-refractivity contribution < 1.29 is 0 Å². The molecule has 0 amide bonds. The van der Waals surface area contributed by atoms with Crippen LogP contribution in [0.4, 0.5) is 0 Å². The Morgan fingerprint density at radius 1 is 1.15 bits per heavy atom. The Hall–Kier alpha value is -1.44. The van der Waals surface area contributed by atoms with Crippen molar-refractivity contribution >= 4 is 10.9 Å². The molecule has 2 aromatic rings. The fourth-order valence-electron chi connectivity index (χ4n) is 1.38. The molecule has 0 saturated carbocycles. The minimum absolute atomic E-state index is 0.975. The first-order valence-corrected chi connectivity index (χ1v) is 4.51. The highest BCUT2D eigenvalue weighted by Crippen LogP contribution is 2.13. The largest absolute Gasteiger partial charge is 0.259 e. The van der Waals surface area contributed by atoms with Crippen LogP contribution in [0.15, 0.2) is 24.5 Å². The highest BCUT2D eigenvalue weighted by molar-refractivity contribution is 5.78. The van der Waals surface area contributed by atoms with Crippen LogP contribution >= 0.6 is 0 Å². The second-order valence-corrected chi connectivity index (χ2v) is 3.22. The lowest BCUT2D eigenvalue weighted by Gasteiger charge is -2.00. The van der Waals surface area contributed by atoms with Gasteiger partial charge in [-0.3, -0.25) is 9.97 Å². The monoisotopic (exact) mass is 172 g/mol. The summed E-state index contributed by atoms with van der Waals surface area (Å²) in [5.74, 6) is 0. The molecule has 0 aliphatic rings. The molecule has 2 heterocycles. The predicted octanol–water partition coefficient (Wildman–Crippen LogP) is 2.50. The number of hydrogen-bond donors (Lipinski definition) is 0. The molecular weight excluding hydrogens is 160 g/mol. The Balaban J connectivity index is 2.68. The molecule has 0 bridgehead atoms. The summed E-state index contributed by atoms with van der Waals surface area (Å²) in [6.07, 6.45) is 4.77. The van der Waals surface area contributed by atoms with Crippen molar-refractivity contribution in [3.8, 4) is 0 Å². The van der Waals surface area contributed by atoms with E-state index in [4.69, 9.17) is 0 Å². The smallest absolute Gasteiger partial charge is 0.0885 e. The summed E-state index contributed by atoms with van der Waals surface area (Å²) in [4.78, 5) is 8.53. The van der Waals surface area contributed by atoms with E-state index in [0.29, 0.717) is 0 Å². The molecule has 0 aliphatic carbocycles. The van der Waals surface area contributed by atoms with Crippen LogP contribution in [-0.4, -0.2) is 9.97 Å². The Bertz CT molecular complexity index is 435. The third-order valence-corrected chi connectivity index (χ3v) is 2.17. The predicted molar refractivity (Wildman–Crippen MR) is 53.7 cm³/mol. The number of nitrogens with zero attached hydrogens (tertiary/aromatic N) is 2. The van der Waals surface area contributed by atoms with Crippen LogP contribution in [-0.2, 0) is 6.42 Å². The molecule has 2 nitrogen and oxygen atoms in total. The normalized spacial score (nSPS) is 10.6. The van der Waals surface area contributed by atoms with E-state index in [1.807, 2.05) is 19.3 Å². The first kappa shape index (κ1) is 8.17. The molecule has 0 aromatic carbocycles. The lowest BCUT2D eigenvalue weighted by atomic mass is 10.1. The second kappa shape index (κ2) is 3.13. The van der Waals surface area contributed by atoms with Crippen molar-refractivity contribution in [2.24, 2.45) is 0 Å². The lowest BCUT2D eigenvalue weighted by molar-refractivity contribution is 1.11. The molecule has 0 aliphatic heterocycles. The van der Waals surface area contributed by atoms with Gasteiger partial charge < -0.3 is 0 Å². The summed E-state index contributed by atoms with van der Waals surface area (Å²) in [5, 5.41) is 1.19. The average Bonchev–Trinajstić information content (AvgIpc) is 2.16. The van der Waals surface area contributed by atoms with Crippen molar-refractivity contribution in [2.75, 3.05) is 0 Å². The number of hydrogen-bond acceptors (Lipinski definition) is 2. The maximum Gasteiger partial charge on any atom is 0.0885 e. The molecule has 66 valence electrons. The van der Waals surface area contributed by atoms with Crippen LogP contribution < -0.4 is 0 Å². The van der Waals surface area contributed by atoms with Gasteiger partial charge in [-0.1, -0.05) is 6.92 Å². The number of aryl methyl sites for hydroxylation is 2. The molecule has 13 heavy (non-hydrogen) atoms. The van der Waals surface area contributed by atoms with Crippen molar-refractivity contribution in [3.63, 3.8) is 0 Å². The van der Waals surface area contributed by atoms with Gasteiger partial charge in [0.15, 0.2) is 0 Å². The third kappa shape index (κ3) is 1.52. The minimum atomic E-state index is 0.975. The molecular formula is C11H12N2. The van der Waals surface area contributed by atoms with Gasteiger partial charge in [-0.25, -0.2) is 0 Å². The van der Waals surface area contributed by atoms with Gasteiger partial charge in [-0.05, 0) is 31.0 Å². The van der Waals surface area contributed by atoms with Crippen LogP contribution in [0.25, 0.3) is 10.9 Å². The topological polar surface area (TPSA) is 25.8 Å². The maximum absolute atomic E-state index is 4.33. The zero-order valence-corrected chi connectivity index (χ0v) is 7.91. The van der Waals surface area contributed by atoms with E-state index in [9.17, 15) is 0 Å². The zero-order valence-electron chi connectivity index (χ0n) is 7.91. The van der Waals surface area contributed by atoms with E-state index in [-0.39, 0.29) is 0 Å². The van der Waals surface area contributed by atoms with E-state index in [0.717, 1.165) is 17.6 Å². The van der Waals surface area contributed by atoms with Gasteiger partial charge in [-0.2, -0.15) is 0 Å². The fraction of sp³-hybridized carbons (Fsp3) is 0.273. The summed E-state index contributed by atoms with van der Waals surface area (Å²) in [7, 11) is 0. The highest BCUT2D eigenvalue weighted by Gasteiger charge is 1.96. The highest BCUT2D eigenvalue weighted by atomic mass is 14.7. The number of pyridine rings is 2. The quantitative estimate of drug-likeness (QED) is 0.660. The molecule has 0 unspecified atom stereocenters. The summed E-state index contributed by atoms with van der Waals surface area (Å²) in [5.41, 5.74) is 3.29. The summed E-state index contributed by atoms with van der Waals surface area (Å²) >= 11 is 0. The first-order chi connectivity index (χ1) is 6.29. The molecule has 2 aromatic heterocycles. The van der Waals surface area contributed by atoms with E-state index in [1.165, 1.54) is 10.9 Å². The molecule has 0 atom stereocenters. The van der Waals surface area contributed by atoms with Crippen LogP contribution in [0.5, 0.6) is 0 Å². The van der Waals surface area contributed by atoms with Gasteiger partial charge in [0.05, 0.1) is 11.7 Å². The average molecular weight is 172 g/mol. The zero-order chi connectivity index (χ0) is 9.26. The molecule has 0 fully saturated rings. The van der Waals surface area contributed by atoms with Gasteiger partial charge in [0.1, 0.15) is 0 Å². The van der Waals surface area contributed by atoms with Gasteiger partial charge in [0, 0.05) is 17.3 Å². The summed E-state index contributed by atoms with van der Waals surface area (Å²) in [6.45, 7) is 4.13. The minimum Gasteiger partial charge on any atom is -0.259 e. The van der Waals surface area contributed by atoms with Crippen molar-refractivity contribution in [1.29, 1.82) is 0 Å². The van der Waals surface area contributed by atoms with Gasteiger partial charge in [0.25, 0.3) is 0 Å². The third-order valence-electron chi connectivity index (χ3n) is 2.17. The van der Waals surface area contributed by atoms with Crippen LogP contribution in [0, 0.1) is 6.92 Å². The van der Waals surface area contributed by atoms with Crippen molar-refractivity contribution in [1.82, 2.24) is 9.97 Å². The number of rotatable bonds is 1. The molecule has 2 rings (SSSR count). The molecule has 0 spiro atoms. The molecule has 0 saturated heterocycles. The van der Waals surface area contributed by atoms with E-state index >= 15 is 0 Å². The molecule has 0 radical (unpaired) electrons. The Kier molecular flexibility index (Phi) is 1.97. The standard InChI is InChI=1S/C11H12N2/c1-3-9-5-10-4-8(2)12-7-11(10)13-6-9/h4-7H,3H2,1-2H3. The summed E-state index contributed by atoms with van der Waals surface area (Å²) in [6, 6.07) is 4.25. The van der Waals surface area contributed by atoms with Crippen LogP contribution in [0.1, 0.15) is 18.2 Å². The van der Waals surface area contributed by atoms with Gasteiger partial charge in [-0.15, -0.1) is 0 Å². The Morgan fingerprint density at radius 2 is 2.00 bits per heavy atom. The van der Waals surface area contributed by atoms with Crippen molar-refractivity contribution in [2.45, 2.75) is 20.3 Å². The molecule has 2 heteroatoms. The fourth-order valence-corrected chi connectivity index (χ4v) is 1.38. The lowest BCUT2D eigenvalue weighted by Crippen LogP contribution is -1.87. The van der Waals surface area contributed by atoms with Gasteiger partial charge >= 0.3 is 0 Å². The summed E-state index contributed by atoms with van der Waals surface area (Å²) < 4.78 is 0. The Labute approximate surface area is 77.6 Å². The van der Waals surface area contributed by atoms with E-state index < -0.39 is 0 Å². The SMILES string of the molecule is CCc1cnc2cnc(C)cc2c1. The van der Waals surface area contributed by atoms with Crippen molar-refractivity contribution in [3.05, 3.63) is 35.8 Å². The number of aromatic nitrogens is 2. The first-order valence-electron chi connectivity index (χ1n) is 4.51. The van der Waals surface area contributed by atoms with Crippen LogP contribution in [0.2, 0.25) is 0 Å². The van der Waals surface area contributed by atoms with E-state index in [1.54, 1.807) is 0 Å². The van der Waals surface area contributed by atoms with Crippen LogP contribution in [0.3, 0.4) is 0 Å². The van der Waals surface area contributed by atoms with Gasteiger partial charge in [0.2, 0.25) is 0 Å².